The van der Waals surface area contributed by atoms with Gasteiger partial charge in [-0.15, -0.1) is 0 Å². The SMILES string of the molecule is CCC(Oc1ccccc1Cl)C(=O)N1CCCC(COC)(C(=O)O)C1. The zero-order valence-corrected chi connectivity index (χ0v) is 15.3. The molecule has 0 radical (unpaired) electrons. The number of carboxylic acids is 1. The number of hydrogen-bond donors (Lipinski definition) is 1. The van der Waals surface area contributed by atoms with Crippen LogP contribution in [0.1, 0.15) is 26.2 Å². The van der Waals surface area contributed by atoms with Gasteiger partial charge in [0.2, 0.25) is 0 Å². The summed E-state index contributed by atoms with van der Waals surface area (Å²) in [6.45, 7) is 2.56. The van der Waals surface area contributed by atoms with Crippen LogP contribution in [0.2, 0.25) is 5.02 Å². The number of rotatable bonds is 7. The highest BCUT2D eigenvalue weighted by atomic mass is 35.5. The molecule has 1 amide bonds. The molecule has 6 nitrogen and oxygen atoms in total. The van der Waals surface area contributed by atoms with Gasteiger partial charge in [0.1, 0.15) is 11.2 Å². The van der Waals surface area contributed by atoms with Gasteiger partial charge in [-0.3, -0.25) is 9.59 Å². The first kappa shape index (κ1) is 19.5. The van der Waals surface area contributed by atoms with Crippen LogP contribution in [-0.2, 0) is 14.3 Å². The van der Waals surface area contributed by atoms with Crippen molar-refractivity contribution in [2.75, 3.05) is 26.8 Å². The summed E-state index contributed by atoms with van der Waals surface area (Å²) in [5.74, 6) is -0.710. The topological polar surface area (TPSA) is 76.1 Å². The van der Waals surface area contributed by atoms with Gasteiger partial charge < -0.3 is 19.5 Å². The van der Waals surface area contributed by atoms with E-state index in [2.05, 4.69) is 0 Å². The predicted octanol–water partition coefficient (Wildman–Crippen LogP) is 2.84. The second-order valence-corrected chi connectivity index (χ2v) is 6.73. The fourth-order valence-electron chi connectivity index (χ4n) is 3.16. The minimum atomic E-state index is -1.06. The lowest BCUT2D eigenvalue weighted by atomic mass is 9.80. The maximum atomic E-state index is 12.9. The number of aliphatic carboxylic acids is 1. The number of carbonyl (C=O) groups is 2. The van der Waals surface area contributed by atoms with Crippen molar-refractivity contribution in [1.29, 1.82) is 0 Å². The highest BCUT2D eigenvalue weighted by molar-refractivity contribution is 6.32. The fourth-order valence-corrected chi connectivity index (χ4v) is 3.34. The van der Waals surface area contributed by atoms with E-state index in [0.717, 1.165) is 0 Å². The summed E-state index contributed by atoms with van der Waals surface area (Å²) in [4.78, 5) is 26.2. The number of ether oxygens (including phenoxy) is 2. The van der Waals surface area contributed by atoms with Gasteiger partial charge in [-0.1, -0.05) is 30.7 Å². The van der Waals surface area contributed by atoms with E-state index in [9.17, 15) is 14.7 Å². The van der Waals surface area contributed by atoms with Crippen LogP contribution in [0.15, 0.2) is 24.3 Å². The monoisotopic (exact) mass is 369 g/mol. The number of para-hydroxylation sites is 1. The van der Waals surface area contributed by atoms with Gasteiger partial charge in [-0.2, -0.15) is 0 Å². The first-order chi connectivity index (χ1) is 11.9. The molecule has 25 heavy (non-hydrogen) atoms. The zero-order valence-electron chi connectivity index (χ0n) is 14.5. The highest BCUT2D eigenvalue weighted by Gasteiger charge is 2.44. The molecule has 1 saturated heterocycles. The van der Waals surface area contributed by atoms with Gasteiger partial charge in [0.05, 0.1) is 11.6 Å². The normalized spacial score (nSPS) is 21.6. The quantitative estimate of drug-likeness (QED) is 0.799. The van der Waals surface area contributed by atoms with Crippen LogP contribution in [0.4, 0.5) is 0 Å². The molecule has 2 rings (SSSR count). The van der Waals surface area contributed by atoms with Gasteiger partial charge in [0.15, 0.2) is 6.10 Å². The summed E-state index contributed by atoms with van der Waals surface area (Å²) < 4.78 is 10.9. The van der Waals surface area contributed by atoms with Gasteiger partial charge in [-0.25, -0.2) is 0 Å². The molecule has 1 aliphatic heterocycles. The van der Waals surface area contributed by atoms with Crippen molar-refractivity contribution in [3.05, 3.63) is 29.3 Å². The minimum absolute atomic E-state index is 0.0777. The Labute approximate surface area is 152 Å². The molecule has 0 spiro atoms. The van der Waals surface area contributed by atoms with Crippen LogP contribution in [-0.4, -0.2) is 54.8 Å². The standard InChI is InChI=1S/C18H24ClNO5/c1-3-14(25-15-8-5-4-7-13(15)19)16(21)20-10-6-9-18(11-20,12-24-2)17(22)23/h4-5,7-8,14H,3,6,9-12H2,1-2H3,(H,22,23). The van der Waals surface area contributed by atoms with E-state index < -0.39 is 17.5 Å². The zero-order chi connectivity index (χ0) is 18.4. The summed E-state index contributed by atoms with van der Waals surface area (Å²) in [5, 5.41) is 10.1. The van der Waals surface area contributed by atoms with Crippen LogP contribution in [0.3, 0.4) is 0 Å². The number of carboxylic acid groups (broad SMARTS) is 1. The maximum absolute atomic E-state index is 12.9. The number of benzene rings is 1. The number of methoxy groups -OCH3 is 1. The average Bonchev–Trinajstić information content (AvgIpc) is 2.61. The highest BCUT2D eigenvalue weighted by Crippen LogP contribution is 2.32. The third-order valence-electron chi connectivity index (χ3n) is 4.51. The Morgan fingerprint density at radius 1 is 1.40 bits per heavy atom. The second-order valence-electron chi connectivity index (χ2n) is 6.33. The van der Waals surface area contributed by atoms with Crippen molar-refractivity contribution in [2.45, 2.75) is 32.3 Å². The Kier molecular flexibility index (Phi) is 6.67. The number of hydrogen-bond acceptors (Lipinski definition) is 4. The first-order valence-corrected chi connectivity index (χ1v) is 8.73. The van der Waals surface area contributed by atoms with Crippen LogP contribution in [0, 0.1) is 5.41 Å². The molecule has 0 saturated carbocycles. The minimum Gasteiger partial charge on any atom is -0.481 e. The largest absolute Gasteiger partial charge is 0.481 e. The molecule has 1 aliphatic rings. The van der Waals surface area contributed by atoms with Crippen molar-refractivity contribution in [3.8, 4) is 5.75 Å². The van der Waals surface area contributed by atoms with E-state index in [-0.39, 0.29) is 19.1 Å². The van der Waals surface area contributed by atoms with Crippen LogP contribution >= 0.6 is 11.6 Å². The summed E-state index contributed by atoms with van der Waals surface area (Å²) in [6, 6.07) is 6.98. The van der Waals surface area contributed by atoms with E-state index in [0.29, 0.717) is 36.6 Å². The van der Waals surface area contributed by atoms with Crippen LogP contribution in [0.5, 0.6) is 5.75 Å². The van der Waals surface area contributed by atoms with Gasteiger partial charge in [0.25, 0.3) is 5.91 Å². The Balaban J connectivity index is 2.14. The molecule has 0 aromatic heterocycles. The molecule has 7 heteroatoms. The van der Waals surface area contributed by atoms with E-state index in [1.165, 1.54) is 7.11 Å². The number of piperidine rings is 1. The smallest absolute Gasteiger partial charge is 0.313 e. The lowest BCUT2D eigenvalue weighted by Gasteiger charge is -2.40. The first-order valence-electron chi connectivity index (χ1n) is 8.36. The van der Waals surface area contributed by atoms with Gasteiger partial charge in [-0.05, 0) is 31.4 Å². The molecule has 2 atom stereocenters. The second kappa shape index (κ2) is 8.54. The lowest BCUT2D eigenvalue weighted by molar-refractivity contribution is -0.160. The molecule has 1 heterocycles. The maximum Gasteiger partial charge on any atom is 0.313 e. The molecular formula is C18H24ClNO5. The third-order valence-corrected chi connectivity index (χ3v) is 4.83. The molecule has 0 aliphatic carbocycles. The van der Waals surface area contributed by atoms with Crippen LogP contribution < -0.4 is 4.74 Å². The lowest BCUT2D eigenvalue weighted by Crippen LogP contribution is -2.54. The summed E-state index contributed by atoms with van der Waals surface area (Å²) in [5.41, 5.74) is -1.06. The number of halogens is 1. The Bertz CT molecular complexity index is 619. The Hall–Kier alpha value is -1.79. The van der Waals surface area contributed by atoms with Crippen molar-refractivity contribution < 1.29 is 24.2 Å². The molecule has 1 aromatic rings. The summed E-state index contributed by atoms with van der Waals surface area (Å²) in [6.07, 6.45) is 0.865. The average molecular weight is 370 g/mol. The van der Waals surface area contributed by atoms with E-state index in [4.69, 9.17) is 21.1 Å². The molecule has 1 fully saturated rings. The number of amides is 1. The summed E-state index contributed by atoms with van der Waals surface area (Å²) >= 11 is 6.10. The third kappa shape index (κ3) is 4.44. The van der Waals surface area contributed by atoms with E-state index in [1.54, 1.807) is 29.2 Å². The van der Waals surface area contributed by atoms with Gasteiger partial charge >= 0.3 is 5.97 Å². The van der Waals surface area contributed by atoms with Crippen LogP contribution in [0.25, 0.3) is 0 Å². The molecule has 138 valence electrons. The van der Waals surface area contributed by atoms with E-state index in [1.807, 2.05) is 6.92 Å². The number of carbonyl (C=O) groups excluding carboxylic acids is 1. The Morgan fingerprint density at radius 2 is 2.12 bits per heavy atom. The van der Waals surface area contributed by atoms with Gasteiger partial charge in [0, 0.05) is 20.2 Å². The van der Waals surface area contributed by atoms with Crippen molar-refractivity contribution in [3.63, 3.8) is 0 Å². The van der Waals surface area contributed by atoms with Crippen molar-refractivity contribution in [2.24, 2.45) is 5.41 Å². The van der Waals surface area contributed by atoms with Crippen molar-refractivity contribution >= 4 is 23.5 Å². The Morgan fingerprint density at radius 3 is 2.72 bits per heavy atom. The molecular weight excluding hydrogens is 346 g/mol. The van der Waals surface area contributed by atoms with E-state index >= 15 is 0 Å². The predicted molar refractivity (Wildman–Crippen MR) is 93.9 cm³/mol. The molecule has 0 bridgehead atoms. The number of likely N-dealkylation sites (tertiary alicyclic amines) is 1. The van der Waals surface area contributed by atoms with Crippen molar-refractivity contribution in [1.82, 2.24) is 4.90 Å². The number of nitrogens with zero attached hydrogens (tertiary/aromatic N) is 1. The molecule has 2 unspecified atom stereocenters. The fraction of sp³-hybridized carbons (Fsp3) is 0.556. The summed E-state index contributed by atoms with van der Waals surface area (Å²) in [7, 11) is 1.47. The molecule has 1 aromatic carbocycles. The molecule has 1 N–H and O–H groups in total.